The van der Waals surface area contributed by atoms with Gasteiger partial charge in [-0.25, -0.2) is 4.79 Å². The highest BCUT2D eigenvalue weighted by Gasteiger charge is 2.19. The molecule has 1 aromatic heterocycles. The Morgan fingerprint density at radius 1 is 1.07 bits per heavy atom. The van der Waals surface area contributed by atoms with Crippen molar-refractivity contribution in [1.82, 2.24) is 14.5 Å². The summed E-state index contributed by atoms with van der Waals surface area (Å²) in [5.41, 5.74) is 3.46. The van der Waals surface area contributed by atoms with Gasteiger partial charge < -0.3 is 19.9 Å². The van der Waals surface area contributed by atoms with Crippen molar-refractivity contribution in [3.05, 3.63) is 63.6 Å². The van der Waals surface area contributed by atoms with Gasteiger partial charge in [0.25, 0.3) is 11.8 Å². The quantitative estimate of drug-likeness (QED) is 0.709. The van der Waals surface area contributed by atoms with Crippen molar-refractivity contribution in [3.63, 3.8) is 0 Å². The van der Waals surface area contributed by atoms with E-state index in [-0.39, 0.29) is 17.5 Å². The Bertz CT molecular complexity index is 1160. The van der Waals surface area contributed by atoms with Gasteiger partial charge in [-0.3, -0.25) is 14.2 Å². The smallest absolute Gasteiger partial charge is 0.326 e. The third-order valence-corrected chi connectivity index (χ3v) is 5.20. The number of morpholine rings is 1. The topological polar surface area (TPSA) is 96.4 Å². The lowest BCUT2D eigenvalue weighted by molar-refractivity contribution is 0.0303. The van der Waals surface area contributed by atoms with Crippen molar-refractivity contribution in [3.8, 4) is 0 Å². The number of aromatic amines is 1. The molecule has 29 heavy (non-hydrogen) atoms. The number of ether oxygens (including phenoxy) is 1. The molecule has 0 saturated carbocycles. The van der Waals surface area contributed by atoms with Crippen LogP contribution in [0.15, 0.2) is 41.2 Å². The highest BCUT2D eigenvalue weighted by atomic mass is 16.5. The fourth-order valence-corrected chi connectivity index (χ4v) is 3.41. The summed E-state index contributed by atoms with van der Waals surface area (Å²) in [6, 6.07) is 10.3. The standard InChI is InChI=1S/C21H22N4O4/c1-13-3-4-15(20(27)25-7-9-29-10-8-25)12-16(13)22-19(26)14-5-6-18-17(11-14)23-21(28)24(18)2/h3-6,11-12H,7-10H2,1-2H3,(H,22,26)(H,23,28). The molecule has 2 heterocycles. The number of hydrogen-bond donors (Lipinski definition) is 2. The summed E-state index contributed by atoms with van der Waals surface area (Å²) in [4.78, 5) is 41.7. The van der Waals surface area contributed by atoms with Crippen molar-refractivity contribution in [1.29, 1.82) is 0 Å². The molecule has 1 aliphatic heterocycles. The first-order chi connectivity index (χ1) is 13.9. The third kappa shape index (κ3) is 3.66. The molecule has 0 spiro atoms. The summed E-state index contributed by atoms with van der Waals surface area (Å²) in [6.07, 6.45) is 0. The predicted octanol–water partition coefficient (Wildman–Crippen LogP) is 1.90. The summed E-state index contributed by atoms with van der Waals surface area (Å²) >= 11 is 0. The summed E-state index contributed by atoms with van der Waals surface area (Å²) in [5, 5.41) is 2.88. The fourth-order valence-electron chi connectivity index (χ4n) is 3.41. The first-order valence-corrected chi connectivity index (χ1v) is 9.42. The number of nitrogens with one attached hydrogen (secondary N) is 2. The second kappa shape index (κ2) is 7.56. The van der Waals surface area contributed by atoms with Gasteiger partial charge in [0.1, 0.15) is 0 Å². The van der Waals surface area contributed by atoms with Crippen molar-refractivity contribution >= 4 is 28.5 Å². The number of carbonyl (C=O) groups is 2. The van der Waals surface area contributed by atoms with E-state index in [0.717, 1.165) is 11.1 Å². The van der Waals surface area contributed by atoms with Gasteiger partial charge in [-0.15, -0.1) is 0 Å². The molecule has 1 fully saturated rings. The van der Waals surface area contributed by atoms with Crippen molar-refractivity contribution in [2.24, 2.45) is 7.05 Å². The minimum Gasteiger partial charge on any atom is -0.378 e. The van der Waals surface area contributed by atoms with E-state index in [4.69, 9.17) is 4.74 Å². The normalized spacial score (nSPS) is 14.2. The molecule has 1 saturated heterocycles. The number of carbonyl (C=O) groups excluding carboxylic acids is 2. The van der Waals surface area contributed by atoms with Crippen LogP contribution in [0.25, 0.3) is 11.0 Å². The van der Waals surface area contributed by atoms with E-state index in [1.165, 1.54) is 4.57 Å². The van der Waals surface area contributed by atoms with Crippen LogP contribution >= 0.6 is 0 Å². The number of H-pyrrole nitrogens is 1. The van der Waals surface area contributed by atoms with Gasteiger partial charge in [-0.05, 0) is 42.8 Å². The van der Waals surface area contributed by atoms with Crippen molar-refractivity contribution in [2.45, 2.75) is 6.92 Å². The molecule has 0 unspecified atom stereocenters. The van der Waals surface area contributed by atoms with Gasteiger partial charge in [0, 0.05) is 37.0 Å². The molecule has 1 aliphatic rings. The summed E-state index contributed by atoms with van der Waals surface area (Å²) < 4.78 is 6.78. The highest BCUT2D eigenvalue weighted by Crippen LogP contribution is 2.20. The Morgan fingerprint density at radius 3 is 2.55 bits per heavy atom. The van der Waals surface area contributed by atoms with Gasteiger partial charge in [-0.1, -0.05) is 6.07 Å². The van der Waals surface area contributed by atoms with Gasteiger partial charge in [0.15, 0.2) is 0 Å². The molecular formula is C21H22N4O4. The number of benzene rings is 2. The minimum absolute atomic E-state index is 0.0768. The van der Waals surface area contributed by atoms with Crippen LogP contribution in [0.5, 0.6) is 0 Å². The van der Waals surface area contributed by atoms with Gasteiger partial charge in [-0.2, -0.15) is 0 Å². The highest BCUT2D eigenvalue weighted by molar-refractivity contribution is 6.07. The van der Waals surface area contributed by atoms with Gasteiger partial charge in [0.2, 0.25) is 0 Å². The molecular weight excluding hydrogens is 372 g/mol. The SMILES string of the molecule is Cc1ccc(C(=O)N2CCOCC2)cc1NC(=O)c1ccc2c(c1)[nH]c(=O)n2C. The van der Waals surface area contributed by atoms with E-state index in [0.29, 0.717) is 48.6 Å². The number of fused-ring (bicyclic) bond motifs is 1. The molecule has 8 nitrogen and oxygen atoms in total. The van der Waals surface area contributed by atoms with E-state index in [9.17, 15) is 14.4 Å². The lowest BCUT2D eigenvalue weighted by Gasteiger charge is -2.27. The number of nitrogens with zero attached hydrogens (tertiary/aromatic N) is 2. The number of imidazole rings is 1. The van der Waals surface area contributed by atoms with Crippen molar-refractivity contribution < 1.29 is 14.3 Å². The summed E-state index contributed by atoms with van der Waals surface area (Å²) in [6.45, 7) is 4.06. The summed E-state index contributed by atoms with van der Waals surface area (Å²) in [5.74, 6) is -0.386. The average Bonchev–Trinajstić information content (AvgIpc) is 3.02. The van der Waals surface area contributed by atoms with Gasteiger partial charge >= 0.3 is 5.69 Å². The van der Waals surface area contributed by atoms with E-state index >= 15 is 0 Å². The van der Waals surface area contributed by atoms with Crippen molar-refractivity contribution in [2.75, 3.05) is 31.6 Å². The Morgan fingerprint density at radius 2 is 1.79 bits per heavy atom. The Balaban J connectivity index is 1.57. The van der Waals surface area contributed by atoms with Crippen LogP contribution in [0.2, 0.25) is 0 Å². The molecule has 8 heteroatoms. The minimum atomic E-state index is -0.310. The molecule has 2 aromatic carbocycles. The lowest BCUT2D eigenvalue weighted by atomic mass is 10.1. The monoisotopic (exact) mass is 394 g/mol. The molecule has 2 amide bonds. The Hall–Kier alpha value is -3.39. The predicted molar refractivity (Wildman–Crippen MR) is 109 cm³/mol. The number of hydrogen-bond acceptors (Lipinski definition) is 4. The largest absolute Gasteiger partial charge is 0.378 e. The van der Waals surface area contributed by atoms with Crippen LogP contribution in [-0.2, 0) is 11.8 Å². The Kier molecular flexibility index (Phi) is 4.94. The average molecular weight is 394 g/mol. The Labute approximate surface area is 167 Å². The first-order valence-electron chi connectivity index (χ1n) is 9.42. The van der Waals surface area contributed by atoms with Crippen LogP contribution in [0.1, 0.15) is 26.3 Å². The molecule has 150 valence electrons. The molecule has 3 aromatic rings. The van der Waals surface area contributed by atoms with E-state index < -0.39 is 0 Å². The molecule has 0 bridgehead atoms. The van der Waals surface area contributed by atoms with E-state index in [1.54, 1.807) is 42.3 Å². The molecule has 0 atom stereocenters. The second-order valence-electron chi connectivity index (χ2n) is 7.11. The van der Waals surface area contributed by atoms with Crippen LogP contribution in [-0.4, -0.2) is 52.6 Å². The lowest BCUT2D eigenvalue weighted by Crippen LogP contribution is -2.40. The number of amides is 2. The maximum Gasteiger partial charge on any atom is 0.326 e. The van der Waals surface area contributed by atoms with Crippen LogP contribution in [0.3, 0.4) is 0 Å². The van der Waals surface area contributed by atoms with Crippen LogP contribution in [0.4, 0.5) is 5.69 Å². The zero-order valence-corrected chi connectivity index (χ0v) is 16.3. The zero-order chi connectivity index (χ0) is 20.5. The number of aromatic nitrogens is 2. The van der Waals surface area contributed by atoms with Crippen LogP contribution in [0, 0.1) is 6.92 Å². The molecule has 0 radical (unpaired) electrons. The third-order valence-electron chi connectivity index (χ3n) is 5.20. The zero-order valence-electron chi connectivity index (χ0n) is 16.3. The number of anilines is 1. The maximum atomic E-state index is 12.8. The fraction of sp³-hybridized carbons (Fsp3) is 0.286. The van der Waals surface area contributed by atoms with Crippen LogP contribution < -0.4 is 11.0 Å². The maximum absolute atomic E-state index is 12.8. The summed E-state index contributed by atoms with van der Waals surface area (Å²) in [7, 11) is 1.67. The molecule has 2 N–H and O–H groups in total. The van der Waals surface area contributed by atoms with E-state index in [2.05, 4.69) is 10.3 Å². The molecule has 4 rings (SSSR count). The van der Waals surface area contributed by atoms with E-state index in [1.807, 2.05) is 13.0 Å². The second-order valence-corrected chi connectivity index (χ2v) is 7.11. The van der Waals surface area contributed by atoms with Gasteiger partial charge in [0.05, 0.1) is 24.2 Å². The number of aryl methyl sites for hydroxylation is 2. The number of rotatable bonds is 3. The first kappa shape index (κ1) is 18.9. The molecule has 0 aliphatic carbocycles.